The number of nitrogens with one attached hydrogen (secondary N) is 1. The highest BCUT2D eigenvalue weighted by Gasteiger charge is 2.20. The first kappa shape index (κ1) is 9.82. The summed E-state index contributed by atoms with van der Waals surface area (Å²) in [6.07, 6.45) is 0.774. The minimum atomic E-state index is -0.645. The predicted molar refractivity (Wildman–Crippen MR) is 56.0 cm³/mol. The minimum absolute atomic E-state index is 0.252. The van der Waals surface area contributed by atoms with Gasteiger partial charge in [-0.25, -0.2) is 4.79 Å². The number of carbonyl (C=O) groups excluding carboxylic acids is 1. The van der Waals surface area contributed by atoms with Gasteiger partial charge in [0.15, 0.2) is 0 Å². The van der Waals surface area contributed by atoms with Gasteiger partial charge in [-0.2, -0.15) is 5.17 Å². The standard InChI is InChI=1S/C10H11N3O2/c11-8-3-1-7(2-4-8)9-5-6-10(14)13(15)12-9/h1-4,13H,5-6,11H2. The highest BCUT2D eigenvalue weighted by Crippen LogP contribution is 2.10. The Balaban J connectivity index is 2.28. The molecule has 0 aromatic heterocycles. The Morgan fingerprint density at radius 1 is 1.27 bits per heavy atom. The van der Waals surface area contributed by atoms with Gasteiger partial charge in [-0.15, -0.1) is 0 Å². The van der Waals surface area contributed by atoms with Gasteiger partial charge in [0, 0.05) is 17.7 Å². The summed E-state index contributed by atoms with van der Waals surface area (Å²) in [6.45, 7) is 0. The van der Waals surface area contributed by atoms with E-state index in [1.165, 1.54) is 0 Å². The third-order valence-corrected chi connectivity index (χ3v) is 2.31. The molecule has 1 heterocycles. The van der Waals surface area contributed by atoms with E-state index < -0.39 is 11.1 Å². The maximum atomic E-state index is 11.1. The first-order valence-electron chi connectivity index (χ1n) is 4.67. The minimum Gasteiger partial charge on any atom is -0.599 e. The maximum absolute atomic E-state index is 11.1. The number of carbonyl (C=O) groups is 1. The zero-order chi connectivity index (χ0) is 10.8. The van der Waals surface area contributed by atoms with E-state index in [0.717, 1.165) is 5.56 Å². The molecule has 0 bridgehead atoms. The molecular formula is C10H11N3O2. The van der Waals surface area contributed by atoms with Crippen molar-refractivity contribution in [3.8, 4) is 0 Å². The summed E-state index contributed by atoms with van der Waals surface area (Å²) >= 11 is 0. The second-order valence-corrected chi connectivity index (χ2v) is 3.41. The Morgan fingerprint density at radius 3 is 2.53 bits per heavy atom. The molecule has 3 N–H and O–H groups in total. The van der Waals surface area contributed by atoms with Crippen molar-refractivity contribution < 1.29 is 9.97 Å². The van der Waals surface area contributed by atoms with Gasteiger partial charge in [0.25, 0.3) is 0 Å². The third kappa shape index (κ3) is 2.03. The summed E-state index contributed by atoms with van der Waals surface area (Å²) in [4.78, 5) is 10.9. The molecule has 5 heteroatoms. The van der Waals surface area contributed by atoms with Crippen LogP contribution in [0.3, 0.4) is 0 Å². The summed E-state index contributed by atoms with van der Waals surface area (Å²) in [6, 6.07) is 7.10. The number of anilines is 1. The molecule has 1 unspecified atom stereocenters. The van der Waals surface area contributed by atoms with Crippen LogP contribution in [0.2, 0.25) is 0 Å². The van der Waals surface area contributed by atoms with Crippen LogP contribution in [-0.4, -0.2) is 11.6 Å². The number of quaternary nitrogens is 1. The maximum Gasteiger partial charge on any atom is 0.338 e. The lowest BCUT2D eigenvalue weighted by molar-refractivity contribution is -0.773. The number of nitrogens with two attached hydrogens (primary N) is 1. The van der Waals surface area contributed by atoms with E-state index in [1.807, 2.05) is 0 Å². The highest BCUT2D eigenvalue weighted by atomic mass is 16.5. The summed E-state index contributed by atoms with van der Waals surface area (Å²) < 4.78 is 0. The van der Waals surface area contributed by atoms with Crippen LogP contribution >= 0.6 is 0 Å². The normalized spacial score (nSPS) is 21.3. The molecular weight excluding hydrogens is 194 g/mol. The van der Waals surface area contributed by atoms with Crippen LogP contribution in [0.25, 0.3) is 0 Å². The molecule has 0 aliphatic carbocycles. The molecule has 0 saturated heterocycles. The lowest BCUT2D eigenvalue weighted by atomic mass is 10.0. The summed E-state index contributed by atoms with van der Waals surface area (Å²) in [5.74, 6) is -0.408. The Morgan fingerprint density at radius 2 is 1.93 bits per heavy atom. The Bertz CT molecular complexity index is 411. The van der Waals surface area contributed by atoms with Gasteiger partial charge < -0.3 is 10.9 Å². The summed E-state index contributed by atoms with van der Waals surface area (Å²) in [5.41, 5.74) is 7.73. The molecule has 0 spiro atoms. The zero-order valence-electron chi connectivity index (χ0n) is 8.06. The second kappa shape index (κ2) is 3.80. The van der Waals surface area contributed by atoms with Crippen LogP contribution < -0.4 is 10.9 Å². The molecule has 0 radical (unpaired) electrons. The van der Waals surface area contributed by atoms with Gasteiger partial charge >= 0.3 is 5.91 Å². The molecule has 1 aromatic carbocycles. The number of hydrogen-bond donors (Lipinski definition) is 2. The lowest BCUT2D eigenvalue weighted by Gasteiger charge is -2.19. The predicted octanol–water partition coefficient (Wildman–Crippen LogP) is -0.324. The molecule has 1 atom stereocenters. The van der Waals surface area contributed by atoms with Gasteiger partial charge in [-0.3, -0.25) is 0 Å². The van der Waals surface area contributed by atoms with Crippen LogP contribution in [-0.2, 0) is 4.79 Å². The fourth-order valence-electron chi connectivity index (χ4n) is 1.46. The average Bonchev–Trinajstić information content (AvgIpc) is 2.23. The molecule has 15 heavy (non-hydrogen) atoms. The van der Waals surface area contributed by atoms with Crippen molar-refractivity contribution in [2.75, 3.05) is 5.73 Å². The monoisotopic (exact) mass is 205 g/mol. The number of benzene rings is 1. The summed E-state index contributed by atoms with van der Waals surface area (Å²) in [7, 11) is 0. The fourth-order valence-corrected chi connectivity index (χ4v) is 1.46. The largest absolute Gasteiger partial charge is 0.599 e. The third-order valence-electron chi connectivity index (χ3n) is 2.31. The smallest absolute Gasteiger partial charge is 0.338 e. The van der Waals surface area contributed by atoms with E-state index in [0.29, 0.717) is 17.8 Å². The van der Waals surface area contributed by atoms with Crippen LogP contribution in [0, 0.1) is 5.21 Å². The molecule has 0 saturated carbocycles. The van der Waals surface area contributed by atoms with Crippen LogP contribution in [0.1, 0.15) is 18.4 Å². The van der Waals surface area contributed by atoms with E-state index in [4.69, 9.17) is 5.73 Å². The van der Waals surface area contributed by atoms with E-state index in [9.17, 15) is 10.0 Å². The van der Waals surface area contributed by atoms with E-state index in [1.54, 1.807) is 24.3 Å². The molecule has 78 valence electrons. The summed E-state index contributed by atoms with van der Waals surface area (Å²) in [5, 5.41) is 14.2. The number of rotatable bonds is 1. The van der Waals surface area contributed by atoms with Crippen molar-refractivity contribution in [3.63, 3.8) is 0 Å². The Kier molecular flexibility index (Phi) is 2.49. The number of hydrogen-bond acceptors (Lipinski definition) is 4. The second-order valence-electron chi connectivity index (χ2n) is 3.41. The average molecular weight is 205 g/mol. The van der Waals surface area contributed by atoms with Crippen molar-refractivity contribution in [1.82, 2.24) is 0 Å². The van der Waals surface area contributed by atoms with Gasteiger partial charge in [-0.1, -0.05) is 17.2 Å². The first-order valence-corrected chi connectivity index (χ1v) is 4.67. The van der Waals surface area contributed by atoms with Crippen LogP contribution in [0.15, 0.2) is 29.4 Å². The number of hydroxylamine groups is 1. The van der Waals surface area contributed by atoms with Gasteiger partial charge in [0.2, 0.25) is 0 Å². The molecule has 2 rings (SSSR count). The van der Waals surface area contributed by atoms with Crippen LogP contribution in [0.5, 0.6) is 0 Å². The fraction of sp³-hybridized carbons (Fsp3) is 0.200. The lowest BCUT2D eigenvalue weighted by Crippen LogP contribution is -3.06. The van der Waals surface area contributed by atoms with Crippen LogP contribution in [0.4, 0.5) is 5.69 Å². The Labute approximate surface area is 86.8 Å². The zero-order valence-corrected chi connectivity index (χ0v) is 8.06. The van der Waals surface area contributed by atoms with Crippen molar-refractivity contribution >= 4 is 17.3 Å². The van der Waals surface area contributed by atoms with Crippen molar-refractivity contribution in [1.29, 1.82) is 0 Å². The van der Waals surface area contributed by atoms with Gasteiger partial charge in [0.05, 0.1) is 6.42 Å². The Hall–Kier alpha value is -1.72. The van der Waals surface area contributed by atoms with E-state index in [-0.39, 0.29) is 6.42 Å². The SMILES string of the molecule is Nc1ccc(C2=N[NH+]([O-])C(=O)CC2)cc1. The van der Waals surface area contributed by atoms with Crippen molar-refractivity contribution in [2.45, 2.75) is 12.8 Å². The van der Waals surface area contributed by atoms with E-state index >= 15 is 0 Å². The van der Waals surface area contributed by atoms with E-state index in [2.05, 4.69) is 5.10 Å². The molecule has 1 aliphatic rings. The number of amides is 1. The van der Waals surface area contributed by atoms with Gasteiger partial charge in [0.1, 0.15) is 5.71 Å². The molecule has 0 fully saturated rings. The molecule has 1 aliphatic heterocycles. The molecule has 1 aromatic rings. The highest BCUT2D eigenvalue weighted by molar-refractivity contribution is 6.02. The number of nitrogen functional groups attached to an aromatic ring is 1. The number of nitrogens with zero attached hydrogens (tertiary/aromatic N) is 1. The first-order chi connectivity index (χ1) is 7.16. The van der Waals surface area contributed by atoms with Crippen molar-refractivity contribution in [3.05, 3.63) is 35.0 Å². The topological polar surface area (TPSA) is 82.9 Å². The molecule has 5 nitrogen and oxygen atoms in total. The van der Waals surface area contributed by atoms with Crippen molar-refractivity contribution in [2.24, 2.45) is 5.10 Å². The quantitative estimate of drug-likeness (QED) is 0.486. The molecule has 1 amide bonds. The van der Waals surface area contributed by atoms with Gasteiger partial charge in [-0.05, 0) is 12.1 Å².